The van der Waals surface area contributed by atoms with Gasteiger partial charge in [0.05, 0.1) is 18.0 Å². The van der Waals surface area contributed by atoms with Gasteiger partial charge in [-0.3, -0.25) is 4.79 Å². The molecule has 1 aromatic heterocycles. The fourth-order valence-corrected chi connectivity index (χ4v) is 2.49. The van der Waals surface area contributed by atoms with Crippen molar-refractivity contribution in [2.75, 3.05) is 0 Å². The highest BCUT2D eigenvalue weighted by Gasteiger charge is 2.24. The van der Waals surface area contributed by atoms with Gasteiger partial charge in [-0.05, 0) is 32.9 Å². The summed E-state index contributed by atoms with van der Waals surface area (Å²) in [5, 5.41) is 12.7. The van der Waals surface area contributed by atoms with Gasteiger partial charge in [-0.1, -0.05) is 29.8 Å². The molecular weight excluding hydrogens is 332 g/mol. The number of hydrogen-bond acceptors (Lipinski definition) is 4. The van der Waals surface area contributed by atoms with E-state index in [-0.39, 0.29) is 11.6 Å². The SMILES string of the molecule is CC(C)(C)OC(=O)NC(CC(=O)O)c1cc2ccccc2nc1Cl. The van der Waals surface area contributed by atoms with Gasteiger partial charge in [0.2, 0.25) is 0 Å². The number of para-hydroxylation sites is 1. The number of benzene rings is 1. The Morgan fingerprint density at radius 3 is 2.62 bits per heavy atom. The second kappa shape index (κ2) is 7.05. The molecule has 7 heteroatoms. The Bertz CT molecular complexity index is 771. The molecule has 0 fully saturated rings. The van der Waals surface area contributed by atoms with E-state index in [1.54, 1.807) is 32.9 Å². The van der Waals surface area contributed by atoms with E-state index in [9.17, 15) is 9.59 Å². The summed E-state index contributed by atoms with van der Waals surface area (Å²) in [4.78, 5) is 27.4. The van der Waals surface area contributed by atoms with Crippen molar-refractivity contribution in [3.63, 3.8) is 0 Å². The van der Waals surface area contributed by atoms with Gasteiger partial charge in [0, 0.05) is 10.9 Å². The molecular formula is C17H19ClN2O4. The number of carbonyl (C=O) groups is 2. The van der Waals surface area contributed by atoms with E-state index >= 15 is 0 Å². The zero-order valence-corrected chi connectivity index (χ0v) is 14.4. The van der Waals surface area contributed by atoms with Crippen LogP contribution in [0.4, 0.5) is 4.79 Å². The fraction of sp³-hybridized carbons (Fsp3) is 0.353. The Kier molecular flexibility index (Phi) is 5.29. The number of ether oxygens (including phenoxy) is 1. The van der Waals surface area contributed by atoms with Crippen LogP contribution in [0.1, 0.15) is 38.8 Å². The predicted octanol–water partition coefficient (Wildman–Crippen LogP) is 3.93. The Labute approximate surface area is 144 Å². The van der Waals surface area contributed by atoms with Crippen molar-refractivity contribution < 1.29 is 19.4 Å². The summed E-state index contributed by atoms with van der Waals surface area (Å²) >= 11 is 6.20. The third kappa shape index (κ3) is 4.83. The van der Waals surface area contributed by atoms with Gasteiger partial charge in [-0.2, -0.15) is 0 Å². The summed E-state index contributed by atoms with van der Waals surface area (Å²) in [5.74, 6) is -1.07. The van der Waals surface area contributed by atoms with Crippen LogP contribution < -0.4 is 5.32 Å². The number of hydrogen-bond donors (Lipinski definition) is 2. The van der Waals surface area contributed by atoms with E-state index in [0.29, 0.717) is 11.1 Å². The number of nitrogens with zero attached hydrogens (tertiary/aromatic N) is 1. The maximum Gasteiger partial charge on any atom is 0.408 e. The number of aliphatic carboxylic acids is 1. The summed E-state index contributed by atoms with van der Waals surface area (Å²) in [6.45, 7) is 5.18. The Hall–Kier alpha value is -2.34. The molecule has 1 atom stereocenters. The van der Waals surface area contributed by atoms with Crippen molar-refractivity contribution in [1.82, 2.24) is 10.3 Å². The van der Waals surface area contributed by atoms with Crippen molar-refractivity contribution in [1.29, 1.82) is 0 Å². The van der Waals surface area contributed by atoms with Crippen LogP contribution in [0.2, 0.25) is 5.15 Å². The van der Waals surface area contributed by atoms with Gasteiger partial charge in [0.15, 0.2) is 0 Å². The number of aromatic nitrogens is 1. The Morgan fingerprint density at radius 2 is 2.00 bits per heavy atom. The molecule has 0 aliphatic carbocycles. The number of amides is 1. The molecule has 6 nitrogen and oxygen atoms in total. The van der Waals surface area contributed by atoms with Gasteiger partial charge in [0.1, 0.15) is 10.8 Å². The normalized spacial score (nSPS) is 12.7. The Balaban J connectivity index is 2.35. The monoisotopic (exact) mass is 350 g/mol. The van der Waals surface area contributed by atoms with E-state index in [2.05, 4.69) is 10.3 Å². The largest absolute Gasteiger partial charge is 0.481 e. The zero-order chi connectivity index (χ0) is 17.9. The summed E-state index contributed by atoms with van der Waals surface area (Å²) in [6.07, 6.45) is -1.04. The molecule has 2 N–H and O–H groups in total. The first kappa shape index (κ1) is 18.0. The van der Waals surface area contributed by atoms with Crippen LogP contribution in [-0.4, -0.2) is 27.8 Å². The van der Waals surface area contributed by atoms with Crippen LogP contribution in [-0.2, 0) is 9.53 Å². The van der Waals surface area contributed by atoms with Crippen molar-refractivity contribution in [3.05, 3.63) is 41.0 Å². The van der Waals surface area contributed by atoms with E-state index in [0.717, 1.165) is 5.39 Å². The van der Waals surface area contributed by atoms with Gasteiger partial charge in [-0.15, -0.1) is 0 Å². The maximum absolute atomic E-state index is 12.0. The first-order chi connectivity index (χ1) is 11.2. The van der Waals surface area contributed by atoms with Gasteiger partial charge in [-0.25, -0.2) is 9.78 Å². The lowest BCUT2D eigenvalue weighted by atomic mass is 10.0. The van der Waals surface area contributed by atoms with E-state index in [1.807, 2.05) is 18.2 Å². The number of alkyl carbamates (subject to hydrolysis) is 1. The summed E-state index contributed by atoms with van der Waals surface area (Å²) in [7, 11) is 0. The quantitative estimate of drug-likeness (QED) is 0.815. The second-order valence-electron chi connectivity index (χ2n) is 6.36. The lowest BCUT2D eigenvalue weighted by molar-refractivity contribution is -0.137. The van der Waals surface area contributed by atoms with E-state index in [4.69, 9.17) is 21.4 Å². The molecule has 24 heavy (non-hydrogen) atoms. The number of halogens is 1. The molecule has 0 aliphatic rings. The molecule has 1 heterocycles. The highest BCUT2D eigenvalue weighted by Crippen LogP contribution is 2.28. The smallest absolute Gasteiger partial charge is 0.408 e. The number of nitrogens with one attached hydrogen (secondary N) is 1. The van der Waals surface area contributed by atoms with Crippen molar-refractivity contribution in [2.24, 2.45) is 0 Å². The Morgan fingerprint density at radius 1 is 1.33 bits per heavy atom. The third-order valence-corrected chi connectivity index (χ3v) is 3.45. The molecule has 1 aromatic carbocycles. The molecule has 128 valence electrons. The maximum atomic E-state index is 12.0. The topological polar surface area (TPSA) is 88.5 Å². The average Bonchev–Trinajstić information content (AvgIpc) is 2.43. The van der Waals surface area contributed by atoms with E-state index < -0.39 is 23.7 Å². The highest BCUT2D eigenvalue weighted by molar-refractivity contribution is 6.30. The minimum absolute atomic E-state index is 0.149. The van der Waals surface area contributed by atoms with Crippen LogP contribution in [0.5, 0.6) is 0 Å². The number of pyridine rings is 1. The van der Waals surface area contributed by atoms with Crippen molar-refractivity contribution >= 4 is 34.6 Å². The number of fused-ring (bicyclic) bond motifs is 1. The average molecular weight is 351 g/mol. The third-order valence-electron chi connectivity index (χ3n) is 3.15. The standard InChI is InChI=1S/C17H19ClN2O4/c1-17(2,3)24-16(23)20-13(9-14(21)22)11-8-10-6-4-5-7-12(10)19-15(11)18/h4-8,13H,9H2,1-3H3,(H,20,23)(H,21,22). The minimum atomic E-state index is -1.07. The predicted molar refractivity (Wildman–Crippen MR) is 91.1 cm³/mol. The molecule has 0 radical (unpaired) electrons. The van der Waals surface area contributed by atoms with Gasteiger partial charge in [0.25, 0.3) is 0 Å². The molecule has 0 aliphatic heterocycles. The first-order valence-electron chi connectivity index (χ1n) is 7.42. The van der Waals surface area contributed by atoms with Crippen molar-refractivity contribution in [3.8, 4) is 0 Å². The zero-order valence-electron chi connectivity index (χ0n) is 13.7. The second-order valence-corrected chi connectivity index (χ2v) is 6.72. The molecule has 0 spiro atoms. The van der Waals surface area contributed by atoms with Crippen LogP contribution >= 0.6 is 11.6 Å². The first-order valence-corrected chi connectivity index (χ1v) is 7.80. The molecule has 2 rings (SSSR count). The highest BCUT2D eigenvalue weighted by atomic mass is 35.5. The molecule has 1 amide bonds. The molecule has 0 saturated heterocycles. The fourth-order valence-electron chi connectivity index (χ4n) is 2.22. The minimum Gasteiger partial charge on any atom is -0.481 e. The van der Waals surface area contributed by atoms with Gasteiger partial charge < -0.3 is 15.2 Å². The lowest BCUT2D eigenvalue weighted by Gasteiger charge is -2.23. The number of carboxylic acid groups (broad SMARTS) is 1. The van der Waals surface area contributed by atoms with Crippen LogP contribution in [0, 0.1) is 0 Å². The number of carboxylic acids is 1. The number of rotatable bonds is 4. The molecule has 2 aromatic rings. The lowest BCUT2D eigenvalue weighted by Crippen LogP contribution is -2.36. The summed E-state index contributed by atoms with van der Waals surface area (Å²) in [6, 6.07) is 8.21. The summed E-state index contributed by atoms with van der Waals surface area (Å²) in [5.41, 5.74) is 0.435. The van der Waals surface area contributed by atoms with Gasteiger partial charge >= 0.3 is 12.1 Å². The summed E-state index contributed by atoms with van der Waals surface area (Å²) < 4.78 is 5.19. The van der Waals surface area contributed by atoms with Crippen molar-refractivity contribution in [2.45, 2.75) is 38.8 Å². The number of carbonyl (C=O) groups excluding carboxylic acids is 1. The van der Waals surface area contributed by atoms with Crippen LogP contribution in [0.3, 0.4) is 0 Å². The van der Waals surface area contributed by atoms with Crippen LogP contribution in [0.25, 0.3) is 10.9 Å². The molecule has 0 saturated carbocycles. The molecule has 0 bridgehead atoms. The van der Waals surface area contributed by atoms with E-state index in [1.165, 1.54) is 0 Å². The van der Waals surface area contributed by atoms with Crippen LogP contribution in [0.15, 0.2) is 30.3 Å². The molecule has 1 unspecified atom stereocenters.